The first-order valence-electron chi connectivity index (χ1n) is 22.7. The summed E-state index contributed by atoms with van der Waals surface area (Å²) in [6, 6.07) is 72.7. The quantitative estimate of drug-likeness (QED) is 0.154. The molecule has 9 aromatic rings. The third kappa shape index (κ3) is 6.59. The number of aryl methyl sites for hydroxylation is 6. The maximum absolute atomic E-state index is 2.62. The Hall–Kier alpha value is -7.29. The van der Waals surface area contributed by atoms with E-state index in [4.69, 9.17) is 0 Å². The smallest absolute Gasteiger partial charge is 0.247 e. The summed E-state index contributed by atoms with van der Waals surface area (Å²) in [5.74, 6) is 0. The van der Waals surface area contributed by atoms with Crippen LogP contribution in [-0.4, -0.2) is 13.4 Å². The van der Waals surface area contributed by atoms with E-state index in [1.165, 1.54) is 111 Å². The van der Waals surface area contributed by atoms with Crippen LogP contribution in [0.3, 0.4) is 0 Å². The average Bonchev–Trinajstić information content (AvgIpc) is 3.31. The van der Waals surface area contributed by atoms with Crippen molar-refractivity contribution >= 4 is 80.3 Å². The van der Waals surface area contributed by atoms with Crippen molar-refractivity contribution in [2.24, 2.45) is 0 Å². The zero-order valence-corrected chi connectivity index (χ0v) is 37.5. The number of rotatable bonds is 6. The lowest BCUT2D eigenvalue weighted by molar-refractivity contribution is 1.26. The summed E-state index contributed by atoms with van der Waals surface area (Å²) in [5.41, 5.74) is 27.9. The summed E-state index contributed by atoms with van der Waals surface area (Å²) in [5, 5.41) is 0. The number of anilines is 6. The molecule has 2 heterocycles. The van der Waals surface area contributed by atoms with Gasteiger partial charge in [-0.15, -0.1) is 0 Å². The van der Waals surface area contributed by atoms with E-state index in [-0.39, 0.29) is 13.4 Å². The normalized spacial score (nSPS) is 12.7. The Kier molecular flexibility index (Phi) is 9.77. The highest BCUT2D eigenvalue weighted by molar-refractivity contribution is 7.01. The number of benzene rings is 9. The molecule has 0 N–H and O–H groups in total. The van der Waals surface area contributed by atoms with Crippen LogP contribution in [0.15, 0.2) is 194 Å². The molecule has 2 aliphatic heterocycles. The number of nitrogens with zero attached hydrogens (tertiary/aromatic N) is 2. The Morgan fingerprint density at radius 1 is 0.281 bits per heavy atom. The first-order chi connectivity index (χ1) is 31.2. The molecule has 0 fully saturated rings. The second-order valence-electron chi connectivity index (χ2n) is 18.1. The minimum absolute atomic E-state index is 0.0254. The molecule has 306 valence electrons. The van der Waals surface area contributed by atoms with Gasteiger partial charge in [0.05, 0.1) is 0 Å². The summed E-state index contributed by atoms with van der Waals surface area (Å²) in [4.78, 5) is 5.06. The minimum Gasteiger partial charge on any atom is -0.311 e. The van der Waals surface area contributed by atoms with E-state index >= 15 is 0 Å². The van der Waals surface area contributed by atoms with Crippen LogP contribution < -0.4 is 42.6 Å². The number of para-hydroxylation sites is 2. The number of hydrogen-bond acceptors (Lipinski definition) is 2. The topological polar surface area (TPSA) is 6.48 Å². The van der Waals surface area contributed by atoms with Gasteiger partial charge in [0, 0.05) is 34.1 Å². The summed E-state index contributed by atoms with van der Waals surface area (Å²) < 4.78 is 0. The largest absolute Gasteiger partial charge is 0.311 e. The van der Waals surface area contributed by atoms with Gasteiger partial charge < -0.3 is 9.80 Å². The van der Waals surface area contributed by atoms with Crippen LogP contribution in [0.5, 0.6) is 0 Å². The molecule has 11 rings (SSSR count). The maximum Gasteiger partial charge on any atom is 0.247 e. The van der Waals surface area contributed by atoms with Gasteiger partial charge in [0.2, 0.25) is 13.4 Å². The second kappa shape index (κ2) is 15.8. The summed E-state index contributed by atoms with van der Waals surface area (Å²) >= 11 is 0. The highest BCUT2D eigenvalue weighted by Crippen LogP contribution is 2.43. The monoisotopic (exact) mass is 820 g/mol. The van der Waals surface area contributed by atoms with E-state index in [0.29, 0.717) is 0 Å². The second-order valence-corrected chi connectivity index (χ2v) is 18.1. The van der Waals surface area contributed by atoms with Crippen LogP contribution >= 0.6 is 0 Å². The van der Waals surface area contributed by atoms with Gasteiger partial charge in [0.25, 0.3) is 0 Å². The Morgan fingerprint density at radius 2 is 0.609 bits per heavy atom. The molecular weight excluding hydrogens is 770 g/mol. The van der Waals surface area contributed by atoms with Gasteiger partial charge in [0.15, 0.2) is 0 Å². The molecule has 0 bridgehead atoms. The number of hydrogen-bond donors (Lipinski definition) is 0. The molecule has 0 saturated heterocycles. The SMILES string of the molecule is Cc1cc(C)c(B2c3cc(-c4ccccc4)ccc3N(c3ccccc3)c3cc4c(cc32)B(c2c(C)cc(C)cc2C)c2cc(-c3ccccc3)ccc2N4c2ccccc2)c(C)c1. The van der Waals surface area contributed by atoms with Crippen LogP contribution in [0.25, 0.3) is 22.3 Å². The number of fused-ring (bicyclic) bond motifs is 4. The fourth-order valence-corrected chi connectivity index (χ4v) is 11.3. The molecule has 0 aromatic heterocycles. The Labute approximate surface area is 379 Å². The lowest BCUT2D eigenvalue weighted by Gasteiger charge is -2.43. The van der Waals surface area contributed by atoms with E-state index in [0.717, 1.165) is 11.4 Å². The summed E-state index contributed by atoms with van der Waals surface area (Å²) in [6.45, 7) is 13.7. The first-order valence-corrected chi connectivity index (χ1v) is 22.7. The van der Waals surface area contributed by atoms with Crippen molar-refractivity contribution in [2.45, 2.75) is 41.5 Å². The van der Waals surface area contributed by atoms with Crippen molar-refractivity contribution in [2.75, 3.05) is 9.80 Å². The molecule has 4 heteroatoms. The Balaban J connectivity index is 1.28. The van der Waals surface area contributed by atoms with Crippen LogP contribution in [0.1, 0.15) is 33.4 Å². The van der Waals surface area contributed by atoms with Gasteiger partial charge in [-0.3, -0.25) is 0 Å². The predicted octanol–water partition coefficient (Wildman–Crippen LogP) is 11.5. The summed E-state index contributed by atoms with van der Waals surface area (Å²) in [6.07, 6.45) is 0. The summed E-state index contributed by atoms with van der Waals surface area (Å²) in [7, 11) is 0. The van der Waals surface area contributed by atoms with Gasteiger partial charge in [0.1, 0.15) is 0 Å². The molecule has 0 radical (unpaired) electrons. The molecular formula is C60H50B2N2. The molecule has 64 heavy (non-hydrogen) atoms. The van der Waals surface area contributed by atoms with E-state index in [1.54, 1.807) is 0 Å². The van der Waals surface area contributed by atoms with Crippen LogP contribution in [0, 0.1) is 41.5 Å². The first kappa shape index (κ1) is 39.5. The molecule has 0 saturated carbocycles. The van der Waals surface area contributed by atoms with Crippen LogP contribution in [-0.2, 0) is 0 Å². The van der Waals surface area contributed by atoms with Gasteiger partial charge >= 0.3 is 0 Å². The third-order valence-corrected chi connectivity index (χ3v) is 13.7. The molecule has 2 nitrogen and oxygen atoms in total. The van der Waals surface area contributed by atoms with Gasteiger partial charge in [-0.05, 0) is 128 Å². The van der Waals surface area contributed by atoms with E-state index in [2.05, 4.69) is 245 Å². The molecule has 0 amide bonds. The van der Waals surface area contributed by atoms with Crippen molar-refractivity contribution in [1.29, 1.82) is 0 Å². The predicted molar refractivity (Wildman–Crippen MR) is 277 cm³/mol. The molecule has 0 unspecified atom stereocenters. The Morgan fingerprint density at radius 3 is 0.969 bits per heavy atom. The molecule has 0 aliphatic carbocycles. The average molecular weight is 821 g/mol. The molecule has 0 spiro atoms. The van der Waals surface area contributed by atoms with Crippen LogP contribution in [0.2, 0.25) is 0 Å². The van der Waals surface area contributed by atoms with Crippen molar-refractivity contribution in [1.82, 2.24) is 0 Å². The van der Waals surface area contributed by atoms with Crippen LogP contribution in [0.4, 0.5) is 34.1 Å². The van der Waals surface area contributed by atoms with Gasteiger partial charge in [-0.25, -0.2) is 0 Å². The maximum atomic E-state index is 2.62. The minimum atomic E-state index is -0.0254. The highest BCUT2D eigenvalue weighted by atomic mass is 15.2. The van der Waals surface area contributed by atoms with E-state index in [1.807, 2.05) is 0 Å². The highest BCUT2D eigenvalue weighted by Gasteiger charge is 2.43. The van der Waals surface area contributed by atoms with Crippen molar-refractivity contribution in [3.8, 4) is 22.3 Å². The van der Waals surface area contributed by atoms with Crippen molar-refractivity contribution in [3.63, 3.8) is 0 Å². The molecule has 9 aromatic carbocycles. The van der Waals surface area contributed by atoms with Gasteiger partial charge in [-0.2, -0.15) is 0 Å². The zero-order valence-electron chi connectivity index (χ0n) is 37.5. The fourth-order valence-electron chi connectivity index (χ4n) is 11.3. The van der Waals surface area contributed by atoms with Crippen molar-refractivity contribution in [3.05, 3.63) is 228 Å². The van der Waals surface area contributed by atoms with E-state index < -0.39 is 0 Å². The lowest BCUT2D eigenvalue weighted by atomic mass is 9.30. The third-order valence-electron chi connectivity index (χ3n) is 13.7. The van der Waals surface area contributed by atoms with Gasteiger partial charge in [-0.1, -0.05) is 196 Å². The molecule has 2 aliphatic rings. The van der Waals surface area contributed by atoms with Crippen molar-refractivity contribution < 1.29 is 0 Å². The zero-order chi connectivity index (χ0) is 43.6. The Bertz CT molecular complexity index is 2970. The van der Waals surface area contributed by atoms with E-state index in [9.17, 15) is 0 Å². The lowest BCUT2D eigenvalue weighted by Crippen LogP contribution is -2.63. The fraction of sp³-hybridized carbons (Fsp3) is 0.100. The standard InChI is InChI=1S/C60H50B2N2/c1-39-31-41(3)59(42(4)32-39)61-51-35-47(45-19-11-7-12-20-45)27-29-55(51)63(49-23-15-9-16-24-49)57-38-58-54(37-53(57)61)62(60-43(5)33-40(2)34-44(60)6)52-36-48(46-21-13-8-14-22-46)28-30-56(52)64(58)50-25-17-10-18-26-50/h7-38H,1-6H3. The molecule has 0 atom stereocenters.